The molecule has 1 N–H and O–H groups in total. The van der Waals surface area contributed by atoms with E-state index in [1.807, 2.05) is 11.3 Å². The van der Waals surface area contributed by atoms with Gasteiger partial charge in [0, 0.05) is 18.9 Å². The molecule has 2 aliphatic rings. The summed E-state index contributed by atoms with van der Waals surface area (Å²) in [5, 5.41) is 14.8. The number of aromatic nitrogens is 2. The number of nitrogens with one attached hydrogen (secondary N) is 1. The van der Waals surface area contributed by atoms with Gasteiger partial charge in [0.25, 0.3) is 0 Å². The molecule has 0 aromatic carbocycles. The van der Waals surface area contributed by atoms with E-state index >= 15 is 0 Å². The molecule has 0 radical (unpaired) electrons. The summed E-state index contributed by atoms with van der Waals surface area (Å²) in [6.45, 7) is 1.14. The number of thioether (sulfide) groups is 1. The third-order valence-electron chi connectivity index (χ3n) is 3.89. The molecule has 3 nitrogen and oxygen atoms in total. The highest BCUT2D eigenvalue weighted by Gasteiger charge is 2.19. The van der Waals surface area contributed by atoms with E-state index in [0.29, 0.717) is 0 Å². The molecule has 106 valence electrons. The van der Waals surface area contributed by atoms with Gasteiger partial charge in [0.1, 0.15) is 10.0 Å². The summed E-state index contributed by atoms with van der Waals surface area (Å²) in [6.07, 6.45) is 8.95. The maximum Gasteiger partial charge on any atom is 0.117 e. The molecule has 0 amide bonds. The Bertz CT molecular complexity index is 384. The van der Waals surface area contributed by atoms with Gasteiger partial charge in [-0.25, -0.2) is 0 Å². The van der Waals surface area contributed by atoms with Crippen LogP contribution in [0.25, 0.3) is 0 Å². The van der Waals surface area contributed by atoms with Crippen LogP contribution in [0.5, 0.6) is 0 Å². The highest BCUT2D eigenvalue weighted by molar-refractivity contribution is 7.99. The zero-order valence-electron chi connectivity index (χ0n) is 11.4. The van der Waals surface area contributed by atoms with Crippen LogP contribution in [0.3, 0.4) is 0 Å². The zero-order valence-corrected chi connectivity index (χ0v) is 13.1. The summed E-state index contributed by atoms with van der Waals surface area (Å²) in [7, 11) is 0. The fourth-order valence-corrected chi connectivity index (χ4v) is 4.71. The molecule has 1 aliphatic heterocycles. The fraction of sp³-hybridized carbons (Fsp3) is 0.857. The Morgan fingerprint density at radius 2 is 1.84 bits per heavy atom. The molecule has 5 heteroatoms. The Balaban J connectivity index is 1.37. The summed E-state index contributed by atoms with van der Waals surface area (Å²) in [4.78, 5) is 0. The van der Waals surface area contributed by atoms with Crippen LogP contribution < -0.4 is 5.32 Å². The van der Waals surface area contributed by atoms with E-state index in [-0.39, 0.29) is 0 Å². The van der Waals surface area contributed by atoms with Gasteiger partial charge in [0.15, 0.2) is 0 Å². The first-order valence-electron chi connectivity index (χ1n) is 7.52. The molecule has 1 saturated heterocycles. The van der Waals surface area contributed by atoms with Crippen LogP contribution in [0.2, 0.25) is 0 Å². The highest BCUT2D eigenvalue weighted by atomic mass is 32.2. The van der Waals surface area contributed by atoms with Crippen LogP contribution in [0, 0.1) is 5.92 Å². The van der Waals surface area contributed by atoms with Crippen LogP contribution in [0.4, 0.5) is 0 Å². The lowest BCUT2D eigenvalue weighted by Gasteiger charge is -2.19. The van der Waals surface area contributed by atoms with E-state index < -0.39 is 0 Å². The van der Waals surface area contributed by atoms with Crippen molar-refractivity contribution in [2.24, 2.45) is 5.92 Å². The first-order chi connectivity index (χ1) is 9.40. The first-order valence-corrected chi connectivity index (χ1v) is 9.49. The number of aryl methyl sites for hydroxylation is 1. The number of rotatable bonds is 7. The Labute approximate surface area is 124 Å². The van der Waals surface area contributed by atoms with Crippen molar-refractivity contribution < 1.29 is 0 Å². The minimum atomic E-state index is 0.828. The SMILES string of the molecule is C(CNC1CC1)Cc1nnc(CC2CCSCC2)s1. The lowest BCUT2D eigenvalue weighted by Crippen LogP contribution is -2.17. The van der Waals surface area contributed by atoms with Crippen LogP contribution in [0.1, 0.15) is 42.1 Å². The van der Waals surface area contributed by atoms with E-state index in [1.54, 1.807) is 0 Å². The fourth-order valence-electron chi connectivity index (χ4n) is 2.50. The Morgan fingerprint density at radius 1 is 1.05 bits per heavy atom. The highest BCUT2D eigenvalue weighted by Crippen LogP contribution is 2.27. The van der Waals surface area contributed by atoms with Crippen molar-refractivity contribution in [3.8, 4) is 0 Å². The van der Waals surface area contributed by atoms with Gasteiger partial charge in [-0.2, -0.15) is 11.8 Å². The van der Waals surface area contributed by atoms with Gasteiger partial charge in [-0.05, 0) is 56.1 Å². The zero-order chi connectivity index (χ0) is 12.9. The van der Waals surface area contributed by atoms with Gasteiger partial charge < -0.3 is 5.32 Å². The number of nitrogens with zero attached hydrogens (tertiary/aromatic N) is 2. The normalized spacial score (nSPS) is 20.8. The lowest BCUT2D eigenvalue weighted by atomic mass is 9.99. The van der Waals surface area contributed by atoms with Crippen molar-refractivity contribution in [3.05, 3.63) is 10.0 Å². The molecule has 2 heterocycles. The quantitative estimate of drug-likeness (QED) is 0.785. The van der Waals surface area contributed by atoms with E-state index in [9.17, 15) is 0 Å². The predicted molar refractivity (Wildman–Crippen MR) is 83.0 cm³/mol. The molecule has 0 unspecified atom stereocenters. The Morgan fingerprint density at radius 3 is 2.63 bits per heavy atom. The van der Waals surface area contributed by atoms with Gasteiger partial charge >= 0.3 is 0 Å². The summed E-state index contributed by atoms with van der Waals surface area (Å²) in [5.74, 6) is 3.53. The third kappa shape index (κ3) is 4.72. The van der Waals surface area contributed by atoms with E-state index in [1.165, 1.54) is 60.0 Å². The van der Waals surface area contributed by atoms with E-state index in [4.69, 9.17) is 0 Å². The monoisotopic (exact) mass is 297 g/mol. The Hall–Kier alpha value is -0.130. The molecular weight excluding hydrogens is 274 g/mol. The predicted octanol–water partition coefficient (Wildman–Crippen LogP) is 2.91. The molecule has 0 bridgehead atoms. The molecular formula is C14H23N3S2. The molecule has 2 fully saturated rings. The first kappa shape index (κ1) is 13.8. The summed E-state index contributed by atoms with van der Waals surface area (Å²) in [6, 6.07) is 0.828. The maximum atomic E-state index is 4.38. The maximum absolute atomic E-state index is 4.38. The second-order valence-corrected chi connectivity index (χ2v) is 8.05. The van der Waals surface area contributed by atoms with E-state index in [0.717, 1.165) is 24.9 Å². The average Bonchev–Trinajstić information content (AvgIpc) is 3.16. The van der Waals surface area contributed by atoms with Crippen molar-refractivity contribution in [2.45, 2.75) is 51.0 Å². The molecule has 1 aromatic rings. The minimum Gasteiger partial charge on any atom is -0.314 e. The summed E-state index contributed by atoms with van der Waals surface area (Å²) < 4.78 is 0. The smallest absolute Gasteiger partial charge is 0.117 e. The molecule has 3 rings (SSSR count). The second-order valence-electron chi connectivity index (χ2n) is 5.68. The molecule has 1 aliphatic carbocycles. The van der Waals surface area contributed by atoms with Gasteiger partial charge in [-0.15, -0.1) is 21.5 Å². The van der Waals surface area contributed by atoms with Crippen molar-refractivity contribution >= 4 is 23.1 Å². The van der Waals surface area contributed by atoms with E-state index in [2.05, 4.69) is 27.3 Å². The molecule has 19 heavy (non-hydrogen) atoms. The van der Waals surface area contributed by atoms with Gasteiger partial charge in [-0.1, -0.05) is 0 Å². The summed E-state index contributed by atoms with van der Waals surface area (Å²) in [5.41, 5.74) is 0. The van der Waals surface area contributed by atoms with Crippen LogP contribution in [-0.2, 0) is 12.8 Å². The minimum absolute atomic E-state index is 0.828. The van der Waals surface area contributed by atoms with Gasteiger partial charge in [0.2, 0.25) is 0 Å². The molecule has 1 saturated carbocycles. The molecule has 0 atom stereocenters. The van der Waals surface area contributed by atoms with Crippen LogP contribution >= 0.6 is 23.1 Å². The third-order valence-corrected chi connectivity index (χ3v) is 5.94. The van der Waals surface area contributed by atoms with Gasteiger partial charge in [-0.3, -0.25) is 0 Å². The number of hydrogen-bond donors (Lipinski definition) is 1. The summed E-state index contributed by atoms with van der Waals surface area (Å²) >= 11 is 3.94. The van der Waals surface area contributed by atoms with Crippen LogP contribution in [-0.4, -0.2) is 34.3 Å². The lowest BCUT2D eigenvalue weighted by molar-refractivity contribution is 0.485. The molecule has 0 spiro atoms. The van der Waals surface area contributed by atoms with Crippen molar-refractivity contribution in [2.75, 3.05) is 18.1 Å². The van der Waals surface area contributed by atoms with Crippen molar-refractivity contribution in [1.29, 1.82) is 0 Å². The van der Waals surface area contributed by atoms with Crippen molar-refractivity contribution in [1.82, 2.24) is 15.5 Å². The molecule has 1 aromatic heterocycles. The van der Waals surface area contributed by atoms with Crippen LogP contribution in [0.15, 0.2) is 0 Å². The standard InChI is InChI=1S/C14H23N3S2/c1(7-15-12-3-4-12)2-13-16-17-14(19-13)10-11-5-8-18-9-6-11/h11-12,15H,1-10H2. The van der Waals surface area contributed by atoms with Gasteiger partial charge in [0.05, 0.1) is 0 Å². The second kappa shape index (κ2) is 7.04. The van der Waals surface area contributed by atoms with Crippen molar-refractivity contribution in [3.63, 3.8) is 0 Å². The Kier molecular flexibility index (Phi) is 5.13. The topological polar surface area (TPSA) is 37.8 Å². The number of hydrogen-bond acceptors (Lipinski definition) is 5. The average molecular weight is 297 g/mol. The largest absolute Gasteiger partial charge is 0.314 e.